The second-order valence-corrected chi connectivity index (χ2v) is 12.0. The normalized spacial score (nSPS) is 23.2. The lowest BCUT2D eigenvalue weighted by Crippen LogP contribution is -2.31. The molecule has 7 rings (SSSR count). The largest absolute Gasteiger partial charge is 0.508 e. The highest BCUT2D eigenvalue weighted by atomic mass is 16.3. The first-order valence-corrected chi connectivity index (χ1v) is 15.5. The number of hydrogen-bond donors (Lipinski definition) is 6. The van der Waals surface area contributed by atoms with Crippen LogP contribution in [0.1, 0.15) is 54.7 Å². The lowest BCUT2D eigenvalue weighted by molar-refractivity contribution is 0.00473. The maximum atomic E-state index is 11.2. The number of phenolic OH excluding ortho intramolecular Hbond substituents is 2. The fourth-order valence-corrected chi connectivity index (χ4v) is 6.45. The maximum Gasteiger partial charge on any atom is 0.229 e. The number of fused-ring (bicyclic) bond motifs is 1. The number of phenols is 2. The average molecular weight is 628 g/mol. The highest BCUT2D eigenvalue weighted by Crippen LogP contribution is 2.40. The third-order valence-electron chi connectivity index (χ3n) is 9.04. The summed E-state index contributed by atoms with van der Waals surface area (Å²) in [5.41, 5.74) is 9.18. The zero-order valence-corrected chi connectivity index (χ0v) is 25.3. The molecule has 5 atom stereocenters. The maximum absolute atomic E-state index is 11.2. The Hall–Kier alpha value is -4.86. The van der Waals surface area contributed by atoms with E-state index in [0.717, 1.165) is 17.5 Å². The summed E-state index contributed by atoms with van der Waals surface area (Å²) in [5.74, 6) is 1.75. The number of nitrogens with zero attached hydrogens (tertiary/aromatic N) is 9. The average Bonchev–Trinajstić information content (AvgIpc) is 3.86. The van der Waals surface area contributed by atoms with Crippen molar-refractivity contribution in [2.75, 3.05) is 29.9 Å². The molecule has 7 N–H and O–H groups in total. The van der Waals surface area contributed by atoms with Crippen LogP contribution in [-0.4, -0.2) is 98.0 Å². The van der Waals surface area contributed by atoms with Gasteiger partial charge in [0.2, 0.25) is 5.95 Å². The van der Waals surface area contributed by atoms with Crippen molar-refractivity contribution in [2.24, 2.45) is 5.73 Å². The van der Waals surface area contributed by atoms with Gasteiger partial charge in [-0.2, -0.15) is 14.8 Å². The third kappa shape index (κ3) is 5.57. The number of nitrogens with two attached hydrogens (primary N) is 1. The Balaban J connectivity index is 1.25. The molecule has 0 spiro atoms. The molecule has 3 aromatic heterocycles. The molecule has 2 fully saturated rings. The lowest BCUT2D eigenvalue weighted by Gasteiger charge is -2.22. The van der Waals surface area contributed by atoms with Crippen LogP contribution in [0.15, 0.2) is 54.9 Å². The number of benzene rings is 2. The Kier molecular flexibility index (Phi) is 7.88. The Morgan fingerprint density at radius 1 is 0.957 bits per heavy atom. The predicted octanol–water partition coefficient (Wildman–Crippen LogP) is 1.48. The van der Waals surface area contributed by atoms with Crippen LogP contribution in [0.3, 0.4) is 0 Å². The molecule has 0 bridgehead atoms. The van der Waals surface area contributed by atoms with Gasteiger partial charge in [-0.05, 0) is 53.4 Å². The first kappa shape index (κ1) is 29.8. The SMILES string of the molecule is CCc1nnn([C@H]2C[C@@H](n3cnc4c(NCC(c5ccc(O)cc5)c5ccc(O)cc5)nc(N5CC[C@@H](N)C5)nc43)[C@H](O)[C@@H]2O)n1. The number of aromatic nitrogens is 8. The number of aliphatic hydroxyl groups excluding tert-OH is 2. The molecular weight excluding hydrogens is 590 g/mol. The fourth-order valence-electron chi connectivity index (χ4n) is 6.45. The predicted molar refractivity (Wildman–Crippen MR) is 169 cm³/mol. The zero-order chi connectivity index (χ0) is 31.9. The summed E-state index contributed by atoms with van der Waals surface area (Å²) < 4.78 is 1.80. The van der Waals surface area contributed by atoms with E-state index < -0.39 is 24.3 Å². The second-order valence-electron chi connectivity index (χ2n) is 12.0. The molecular formula is C31H37N11O4. The summed E-state index contributed by atoms with van der Waals surface area (Å²) in [5, 5.41) is 58.1. The van der Waals surface area contributed by atoms with Crippen molar-refractivity contribution >= 4 is 22.9 Å². The van der Waals surface area contributed by atoms with E-state index in [9.17, 15) is 20.4 Å². The molecule has 1 aliphatic carbocycles. The van der Waals surface area contributed by atoms with Gasteiger partial charge in [0.05, 0.1) is 12.4 Å². The molecule has 4 heterocycles. The first-order chi connectivity index (χ1) is 22.3. The van der Waals surface area contributed by atoms with Crippen molar-refractivity contribution in [1.82, 2.24) is 39.7 Å². The molecule has 1 aliphatic heterocycles. The van der Waals surface area contributed by atoms with Crippen LogP contribution in [0.4, 0.5) is 11.8 Å². The third-order valence-corrected chi connectivity index (χ3v) is 9.04. The summed E-state index contributed by atoms with van der Waals surface area (Å²) in [4.78, 5) is 17.9. The summed E-state index contributed by atoms with van der Waals surface area (Å²) in [6.45, 7) is 3.65. The van der Waals surface area contributed by atoms with Crippen LogP contribution in [0.25, 0.3) is 11.2 Å². The molecule has 0 radical (unpaired) electrons. The number of anilines is 2. The van der Waals surface area contributed by atoms with Gasteiger partial charge < -0.3 is 40.9 Å². The number of tetrazole rings is 1. The quantitative estimate of drug-likeness (QED) is 0.137. The van der Waals surface area contributed by atoms with Gasteiger partial charge in [0, 0.05) is 38.0 Å². The molecule has 2 aliphatic rings. The molecule has 0 unspecified atom stereocenters. The summed E-state index contributed by atoms with van der Waals surface area (Å²) in [6, 6.07) is 12.9. The van der Waals surface area contributed by atoms with Crippen LogP contribution >= 0.6 is 0 Å². The van der Waals surface area contributed by atoms with Gasteiger partial charge in [0.1, 0.15) is 29.7 Å². The van der Waals surface area contributed by atoms with Crippen molar-refractivity contribution < 1.29 is 20.4 Å². The first-order valence-electron chi connectivity index (χ1n) is 15.5. The summed E-state index contributed by atoms with van der Waals surface area (Å²) in [7, 11) is 0. The Labute approximate surface area is 264 Å². The minimum atomic E-state index is -1.12. The fraction of sp³-hybridized carbons (Fsp3) is 0.419. The van der Waals surface area contributed by atoms with E-state index in [4.69, 9.17) is 20.7 Å². The minimum absolute atomic E-state index is 0.00439. The Morgan fingerprint density at radius 2 is 1.63 bits per heavy atom. The van der Waals surface area contributed by atoms with Gasteiger partial charge in [-0.15, -0.1) is 10.2 Å². The van der Waals surface area contributed by atoms with Gasteiger partial charge in [0.25, 0.3) is 0 Å². The minimum Gasteiger partial charge on any atom is -0.508 e. The molecule has 1 saturated heterocycles. The monoisotopic (exact) mass is 627 g/mol. The van der Waals surface area contributed by atoms with Crippen molar-refractivity contribution in [2.45, 2.75) is 62.4 Å². The van der Waals surface area contributed by atoms with Crippen molar-refractivity contribution in [1.29, 1.82) is 0 Å². The van der Waals surface area contributed by atoms with Gasteiger partial charge in [-0.3, -0.25) is 0 Å². The van der Waals surface area contributed by atoms with Crippen LogP contribution in [0, 0.1) is 0 Å². The highest BCUT2D eigenvalue weighted by Gasteiger charge is 2.45. The van der Waals surface area contributed by atoms with Gasteiger partial charge in [-0.25, -0.2) is 4.98 Å². The van der Waals surface area contributed by atoms with E-state index in [1.54, 1.807) is 35.2 Å². The molecule has 46 heavy (non-hydrogen) atoms. The number of imidazole rings is 1. The molecule has 5 aromatic rings. The van der Waals surface area contributed by atoms with Crippen LogP contribution in [-0.2, 0) is 6.42 Å². The number of aliphatic hydroxyl groups is 2. The van der Waals surface area contributed by atoms with Gasteiger partial charge in [0.15, 0.2) is 22.8 Å². The van der Waals surface area contributed by atoms with Crippen LogP contribution in [0.5, 0.6) is 11.5 Å². The molecule has 15 nitrogen and oxygen atoms in total. The zero-order valence-electron chi connectivity index (χ0n) is 25.3. The summed E-state index contributed by atoms with van der Waals surface area (Å²) >= 11 is 0. The Bertz CT molecular complexity index is 1760. The van der Waals surface area contributed by atoms with E-state index in [2.05, 4.69) is 20.7 Å². The highest BCUT2D eigenvalue weighted by molar-refractivity contribution is 5.84. The smallest absolute Gasteiger partial charge is 0.229 e. The molecule has 0 amide bonds. The number of rotatable bonds is 9. The molecule has 240 valence electrons. The van der Waals surface area contributed by atoms with Crippen molar-refractivity contribution in [3.05, 3.63) is 71.8 Å². The van der Waals surface area contributed by atoms with Crippen LogP contribution < -0.4 is 16.0 Å². The number of aromatic hydroxyl groups is 2. The number of nitrogens with one attached hydrogen (secondary N) is 1. The van der Waals surface area contributed by atoms with E-state index in [0.29, 0.717) is 61.2 Å². The van der Waals surface area contributed by atoms with Crippen LogP contribution in [0.2, 0.25) is 0 Å². The van der Waals surface area contributed by atoms with E-state index in [1.807, 2.05) is 36.1 Å². The molecule has 2 aromatic carbocycles. The lowest BCUT2D eigenvalue weighted by atomic mass is 9.91. The molecule has 15 heteroatoms. The second kappa shape index (κ2) is 12.2. The van der Waals surface area contributed by atoms with E-state index in [1.165, 1.54) is 4.80 Å². The number of aryl methyl sites for hydroxylation is 1. The van der Waals surface area contributed by atoms with Crippen molar-refractivity contribution in [3.8, 4) is 11.5 Å². The van der Waals surface area contributed by atoms with Gasteiger partial charge >= 0.3 is 0 Å². The van der Waals surface area contributed by atoms with E-state index in [-0.39, 0.29) is 23.5 Å². The Morgan fingerprint density at radius 3 is 2.24 bits per heavy atom. The van der Waals surface area contributed by atoms with Gasteiger partial charge in [-0.1, -0.05) is 31.2 Å². The summed E-state index contributed by atoms with van der Waals surface area (Å²) in [6.07, 6.45) is 1.14. The molecule has 1 saturated carbocycles. The standard InChI is InChI=1S/C31H37N11O4/c1-2-25-37-39-42(38-25)24-13-23(27(45)28(24)46)41-16-34-26-29(35-31(36-30(26)41)40-12-11-19(32)15-40)33-14-22(17-3-7-20(43)8-4-17)18-5-9-21(44)10-6-18/h3-10,16,19,22-24,27-28,43-46H,2,11-15,32H2,1H3,(H,33,35,36)/t19-,23-,24+,27+,28-/m1/s1. The van der Waals surface area contributed by atoms with E-state index >= 15 is 0 Å². The topological polar surface area (TPSA) is 209 Å². The number of hydrogen-bond acceptors (Lipinski definition) is 13. The van der Waals surface area contributed by atoms with Crippen molar-refractivity contribution in [3.63, 3.8) is 0 Å².